The van der Waals surface area contributed by atoms with Crippen molar-refractivity contribution in [3.05, 3.63) is 119 Å². The fourth-order valence-corrected chi connectivity index (χ4v) is 5.27. The van der Waals surface area contributed by atoms with Crippen LogP contribution in [0.25, 0.3) is 0 Å². The normalized spacial score (nSPS) is 11.9. The van der Waals surface area contributed by atoms with Gasteiger partial charge < -0.3 is 24.9 Å². The quantitative estimate of drug-likeness (QED) is 0.0564. The molecule has 1 amide bonds. The van der Waals surface area contributed by atoms with Crippen molar-refractivity contribution < 1.29 is 23.9 Å². The van der Waals surface area contributed by atoms with E-state index in [1.165, 1.54) is 11.3 Å². The van der Waals surface area contributed by atoms with Crippen molar-refractivity contribution in [2.75, 3.05) is 25.1 Å². The second kappa shape index (κ2) is 15.2. The largest absolute Gasteiger partial charge is 0.461 e. The Bertz CT molecular complexity index is 1420. The summed E-state index contributed by atoms with van der Waals surface area (Å²) >= 11 is 1.35. The maximum atomic E-state index is 12.9. The van der Waals surface area contributed by atoms with Crippen LogP contribution in [0.3, 0.4) is 0 Å². The van der Waals surface area contributed by atoms with Gasteiger partial charge in [-0.05, 0) is 44.4 Å². The van der Waals surface area contributed by atoms with E-state index >= 15 is 0 Å². The summed E-state index contributed by atoms with van der Waals surface area (Å²) in [6.07, 6.45) is -0.0514. The van der Waals surface area contributed by atoms with Crippen molar-refractivity contribution in [1.29, 1.82) is 0 Å². The number of hydrogen-bond acceptors (Lipinski definition) is 9. The lowest BCUT2D eigenvalue weighted by Gasteiger charge is -2.36. The van der Waals surface area contributed by atoms with Gasteiger partial charge in [0.1, 0.15) is 23.4 Å². The summed E-state index contributed by atoms with van der Waals surface area (Å²) in [7, 11) is 0. The number of oxime groups is 1. The molecule has 2 N–H and O–H groups in total. The van der Waals surface area contributed by atoms with Crippen LogP contribution in [-0.2, 0) is 24.6 Å². The number of nitrogens with zero attached hydrogens (tertiary/aromatic N) is 2. The van der Waals surface area contributed by atoms with Crippen LogP contribution in [0, 0.1) is 0 Å². The van der Waals surface area contributed by atoms with Crippen molar-refractivity contribution in [2.45, 2.75) is 45.3 Å². The van der Waals surface area contributed by atoms with Crippen molar-refractivity contribution in [3.63, 3.8) is 0 Å². The molecular weight excluding hydrogens is 576 g/mol. The Morgan fingerprint density at radius 1 is 0.864 bits per heavy atom. The van der Waals surface area contributed by atoms with Gasteiger partial charge in [0, 0.05) is 18.3 Å². The van der Waals surface area contributed by atoms with Crippen molar-refractivity contribution in [2.24, 2.45) is 5.16 Å². The third-order valence-electron chi connectivity index (χ3n) is 6.37. The third kappa shape index (κ3) is 8.44. The maximum Gasteiger partial charge on any atom is 0.407 e. The molecule has 3 aromatic carbocycles. The first kappa shape index (κ1) is 32.2. The highest BCUT2D eigenvalue weighted by atomic mass is 32.1. The minimum Gasteiger partial charge on any atom is -0.461 e. The van der Waals surface area contributed by atoms with E-state index in [4.69, 9.17) is 19.3 Å². The van der Waals surface area contributed by atoms with Crippen LogP contribution in [0.5, 0.6) is 0 Å². The maximum absolute atomic E-state index is 12.9. The van der Waals surface area contributed by atoms with Gasteiger partial charge in [0.25, 0.3) is 0 Å². The number of hydrogen-bond donors (Lipinski definition) is 2. The Labute approximate surface area is 262 Å². The summed E-state index contributed by atoms with van der Waals surface area (Å²) in [5.41, 5.74) is 2.00. The third-order valence-corrected chi connectivity index (χ3v) is 7.12. The van der Waals surface area contributed by atoms with Crippen LogP contribution >= 0.6 is 11.3 Å². The minimum absolute atomic E-state index is 0.0408. The Morgan fingerprint density at radius 3 is 1.91 bits per heavy atom. The number of rotatable bonds is 13. The van der Waals surface area contributed by atoms with E-state index in [1.54, 1.807) is 33.1 Å². The topological polar surface area (TPSA) is 111 Å². The number of esters is 1. The number of amides is 1. The van der Waals surface area contributed by atoms with Crippen LogP contribution < -0.4 is 10.6 Å². The molecular formula is C34H38N4O5S. The predicted octanol–water partition coefficient (Wildman–Crippen LogP) is 6.75. The van der Waals surface area contributed by atoms with Crippen LogP contribution in [0.2, 0.25) is 0 Å². The number of ether oxygens (including phenoxy) is 2. The fourth-order valence-electron chi connectivity index (χ4n) is 4.52. The van der Waals surface area contributed by atoms with Crippen molar-refractivity contribution >= 4 is 34.2 Å². The van der Waals surface area contributed by atoms with Crippen LogP contribution in [0.1, 0.15) is 56.5 Å². The molecule has 4 rings (SSSR count). The molecule has 230 valence electrons. The Kier molecular flexibility index (Phi) is 11.1. The van der Waals surface area contributed by atoms with E-state index in [1.807, 2.05) is 54.6 Å². The van der Waals surface area contributed by atoms with Gasteiger partial charge in [-0.3, -0.25) is 0 Å². The highest BCUT2D eigenvalue weighted by molar-refractivity contribution is 7.14. The lowest BCUT2D eigenvalue weighted by atomic mass is 9.77. The number of benzene rings is 3. The highest BCUT2D eigenvalue weighted by Gasteiger charge is 2.37. The van der Waals surface area contributed by atoms with Crippen LogP contribution in [0.4, 0.5) is 9.93 Å². The number of anilines is 1. The van der Waals surface area contributed by atoms with Gasteiger partial charge in [-0.15, -0.1) is 11.3 Å². The molecule has 0 aliphatic heterocycles. The van der Waals surface area contributed by atoms with E-state index < -0.39 is 23.2 Å². The zero-order valence-corrected chi connectivity index (χ0v) is 26.2. The van der Waals surface area contributed by atoms with Crippen LogP contribution in [0.15, 0.2) is 102 Å². The zero-order valence-electron chi connectivity index (χ0n) is 25.4. The average Bonchev–Trinajstić information content (AvgIpc) is 3.48. The molecule has 9 nitrogen and oxygen atoms in total. The fraction of sp³-hybridized carbons (Fsp3) is 0.294. The Balaban J connectivity index is 1.59. The average molecular weight is 615 g/mol. The standard InChI is InChI=1S/C34H38N4O5S/c1-5-41-30(39)29(38-42-23-15-22-35-32(40)43-33(2,3)4)28-24-44-31(36-28)37-34(25-16-9-6-10-17-25,26-18-11-7-12-19-26)27-20-13-8-14-21-27/h6-14,16-21,24H,5,15,22-23H2,1-4H3,(H,35,40)(H,36,37)/b38-29-. The number of nitrogens with one attached hydrogen (secondary N) is 2. The molecule has 44 heavy (non-hydrogen) atoms. The molecule has 1 aromatic heterocycles. The molecule has 0 saturated heterocycles. The van der Waals surface area contributed by atoms with Gasteiger partial charge >= 0.3 is 12.1 Å². The monoisotopic (exact) mass is 614 g/mol. The van der Waals surface area contributed by atoms with E-state index in [0.29, 0.717) is 23.8 Å². The zero-order chi connectivity index (χ0) is 31.4. The Morgan fingerprint density at radius 2 is 1.41 bits per heavy atom. The first-order valence-electron chi connectivity index (χ1n) is 14.5. The molecule has 0 atom stereocenters. The van der Waals surface area contributed by atoms with E-state index in [2.05, 4.69) is 52.2 Å². The van der Waals surface area contributed by atoms with Gasteiger partial charge in [-0.25, -0.2) is 14.6 Å². The van der Waals surface area contributed by atoms with Crippen LogP contribution in [-0.4, -0.2) is 48.1 Å². The second-order valence-corrected chi connectivity index (χ2v) is 11.6. The lowest BCUT2D eigenvalue weighted by molar-refractivity contribution is -0.135. The van der Waals surface area contributed by atoms with Gasteiger partial charge in [-0.1, -0.05) is 96.2 Å². The summed E-state index contributed by atoms with van der Waals surface area (Å²) in [5.74, 6) is -0.642. The van der Waals surface area contributed by atoms with Crippen molar-refractivity contribution in [3.8, 4) is 0 Å². The minimum atomic E-state index is -0.780. The molecule has 0 unspecified atom stereocenters. The molecule has 0 saturated carbocycles. The van der Waals surface area contributed by atoms with Crippen molar-refractivity contribution in [1.82, 2.24) is 10.3 Å². The summed E-state index contributed by atoms with van der Waals surface area (Å²) in [6, 6.07) is 30.5. The Hall–Kier alpha value is -4.70. The number of aromatic nitrogens is 1. The van der Waals surface area contributed by atoms with E-state index in [0.717, 1.165) is 16.7 Å². The molecule has 0 bridgehead atoms. The highest BCUT2D eigenvalue weighted by Crippen LogP contribution is 2.40. The summed E-state index contributed by atoms with van der Waals surface area (Å²) in [4.78, 5) is 35.0. The molecule has 0 spiro atoms. The van der Waals surface area contributed by atoms with Gasteiger partial charge in [0.15, 0.2) is 5.13 Å². The molecule has 0 radical (unpaired) electrons. The van der Waals surface area contributed by atoms with Gasteiger partial charge in [0.05, 0.1) is 6.61 Å². The number of carbonyl (C=O) groups excluding carboxylic acids is 2. The molecule has 0 fully saturated rings. The molecule has 10 heteroatoms. The number of thiazole rings is 1. The van der Waals surface area contributed by atoms with Gasteiger partial charge in [-0.2, -0.15) is 0 Å². The van der Waals surface area contributed by atoms with E-state index in [-0.39, 0.29) is 18.9 Å². The first-order valence-corrected chi connectivity index (χ1v) is 15.4. The smallest absolute Gasteiger partial charge is 0.407 e. The predicted molar refractivity (Wildman–Crippen MR) is 173 cm³/mol. The summed E-state index contributed by atoms with van der Waals surface area (Å²) in [5, 5.41) is 12.8. The molecule has 4 aromatic rings. The number of alkyl carbamates (subject to hydrolysis) is 1. The van der Waals surface area contributed by atoms with Gasteiger partial charge in [0.2, 0.25) is 5.71 Å². The SMILES string of the molecule is CCOC(=O)/C(=N\OCCCNC(=O)OC(C)(C)C)c1csc(NC(c2ccccc2)(c2ccccc2)c2ccccc2)n1. The first-order chi connectivity index (χ1) is 21.2. The lowest BCUT2D eigenvalue weighted by Crippen LogP contribution is -2.38. The molecule has 0 aliphatic carbocycles. The molecule has 1 heterocycles. The summed E-state index contributed by atoms with van der Waals surface area (Å²) < 4.78 is 10.5. The second-order valence-electron chi connectivity index (χ2n) is 10.8. The molecule has 0 aliphatic rings. The summed E-state index contributed by atoms with van der Waals surface area (Å²) in [6.45, 7) is 7.77. The van der Waals surface area contributed by atoms with E-state index in [9.17, 15) is 9.59 Å². The number of carbonyl (C=O) groups is 2.